The number of hydrogen-bond acceptors (Lipinski definition) is 4. The van der Waals surface area contributed by atoms with Gasteiger partial charge in [-0.2, -0.15) is 0 Å². The summed E-state index contributed by atoms with van der Waals surface area (Å²) in [4.78, 5) is 20.8. The zero-order chi connectivity index (χ0) is 12.0. The molecule has 5 heteroatoms. The molecule has 0 bridgehead atoms. The first kappa shape index (κ1) is 12.2. The van der Waals surface area contributed by atoms with Gasteiger partial charge in [0.05, 0.1) is 0 Å². The molecule has 1 rings (SSSR count). The number of aldehydes is 1. The average molecular weight is 226 g/mol. The third-order valence-corrected chi connectivity index (χ3v) is 1.74. The lowest BCUT2D eigenvalue weighted by Crippen LogP contribution is -2.10. The van der Waals surface area contributed by atoms with Gasteiger partial charge in [0.25, 0.3) is 0 Å². The van der Waals surface area contributed by atoms with Gasteiger partial charge in [0, 0.05) is 12.5 Å². The molecule has 0 N–H and O–H groups in total. The van der Waals surface area contributed by atoms with Crippen LogP contribution in [0.5, 0.6) is 5.75 Å². The summed E-state index contributed by atoms with van der Waals surface area (Å²) in [5, 5.41) is 0. The molecule has 0 aliphatic rings. The highest BCUT2D eigenvalue weighted by atomic mass is 19.1. The number of carbonyl (C=O) groups is 2. The average Bonchev–Trinajstić information content (AvgIpc) is 2.25. The number of halogens is 1. The first-order chi connectivity index (χ1) is 7.63. The Morgan fingerprint density at radius 1 is 1.44 bits per heavy atom. The van der Waals surface area contributed by atoms with Crippen LogP contribution in [-0.2, 0) is 9.53 Å². The molecule has 0 saturated carbocycles. The third kappa shape index (κ3) is 3.68. The summed E-state index contributed by atoms with van der Waals surface area (Å²) >= 11 is 0. The highest BCUT2D eigenvalue weighted by molar-refractivity contribution is 5.74. The minimum absolute atomic E-state index is 0.0257. The van der Waals surface area contributed by atoms with E-state index in [1.165, 1.54) is 19.1 Å². The molecule has 4 nitrogen and oxygen atoms in total. The quantitative estimate of drug-likeness (QED) is 0.434. The number of ether oxygens (including phenoxy) is 2. The van der Waals surface area contributed by atoms with Crippen LogP contribution in [0.25, 0.3) is 0 Å². The van der Waals surface area contributed by atoms with Crippen LogP contribution in [0.15, 0.2) is 18.2 Å². The van der Waals surface area contributed by atoms with E-state index in [4.69, 9.17) is 4.74 Å². The van der Waals surface area contributed by atoms with Crippen molar-refractivity contribution < 1.29 is 23.5 Å². The fraction of sp³-hybridized carbons (Fsp3) is 0.273. The molecule has 0 atom stereocenters. The summed E-state index contributed by atoms with van der Waals surface area (Å²) in [6, 6.07) is 3.87. The van der Waals surface area contributed by atoms with Gasteiger partial charge in [-0.3, -0.25) is 9.59 Å². The van der Waals surface area contributed by atoms with Crippen molar-refractivity contribution in [3.8, 4) is 5.75 Å². The maximum atomic E-state index is 13.2. The van der Waals surface area contributed by atoms with Gasteiger partial charge in [-0.1, -0.05) is 0 Å². The molecule has 0 aliphatic heterocycles. The van der Waals surface area contributed by atoms with Crippen LogP contribution in [0.4, 0.5) is 4.39 Å². The second kappa shape index (κ2) is 5.85. The molecule has 0 spiro atoms. The Bertz CT molecular complexity index is 390. The number of hydrogen-bond donors (Lipinski definition) is 0. The zero-order valence-electron chi connectivity index (χ0n) is 8.73. The molecule has 16 heavy (non-hydrogen) atoms. The predicted molar refractivity (Wildman–Crippen MR) is 53.9 cm³/mol. The normalized spacial score (nSPS) is 9.62. The van der Waals surface area contributed by atoms with Gasteiger partial charge in [-0.15, -0.1) is 0 Å². The van der Waals surface area contributed by atoms with E-state index in [0.29, 0.717) is 6.29 Å². The summed E-state index contributed by atoms with van der Waals surface area (Å²) < 4.78 is 22.9. The van der Waals surface area contributed by atoms with Crippen molar-refractivity contribution >= 4 is 12.3 Å². The van der Waals surface area contributed by atoms with Crippen molar-refractivity contribution in [3.63, 3.8) is 0 Å². The van der Waals surface area contributed by atoms with Crippen LogP contribution in [-0.4, -0.2) is 25.5 Å². The Kier molecular flexibility index (Phi) is 4.44. The first-order valence-electron chi connectivity index (χ1n) is 4.64. The SMILES string of the molecule is CC(=O)OCCOc1ccc(C=O)cc1F. The number of benzene rings is 1. The largest absolute Gasteiger partial charge is 0.487 e. The van der Waals surface area contributed by atoms with Gasteiger partial charge in [-0.05, 0) is 18.2 Å². The van der Waals surface area contributed by atoms with Crippen LogP contribution in [0, 0.1) is 5.82 Å². The fourth-order valence-electron chi connectivity index (χ4n) is 1.04. The van der Waals surface area contributed by atoms with E-state index in [0.717, 1.165) is 6.07 Å². The van der Waals surface area contributed by atoms with Crippen LogP contribution in [0.3, 0.4) is 0 Å². The van der Waals surface area contributed by atoms with E-state index in [1.807, 2.05) is 0 Å². The smallest absolute Gasteiger partial charge is 0.302 e. The van der Waals surface area contributed by atoms with Crippen LogP contribution in [0.2, 0.25) is 0 Å². The molecular formula is C11H11FO4. The molecule has 0 heterocycles. The lowest BCUT2D eigenvalue weighted by Gasteiger charge is -2.07. The van der Waals surface area contributed by atoms with Crippen molar-refractivity contribution in [2.45, 2.75) is 6.92 Å². The van der Waals surface area contributed by atoms with Crippen LogP contribution >= 0.6 is 0 Å². The van der Waals surface area contributed by atoms with Crippen molar-refractivity contribution in [2.75, 3.05) is 13.2 Å². The lowest BCUT2D eigenvalue weighted by atomic mass is 10.2. The van der Waals surface area contributed by atoms with Crippen LogP contribution in [0.1, 0.15) is 17.3 Å². The molecule has 1 aromatic carbocycles. The Labute approximate surface area is 92.0 Å². The molecule has 1 aromatic rings. The van der Waals surface area contributed by atoms with Gasteiger partial charge < -0.3 is 9.47 Å². The number of rotatable bonds is 5. The summed E-state index contributed by atoms with van der Waals surface area (Å²) in [6.45, 7) is 1.40. The van der Waals surface area contributed by atoms with Gasteiger partial charge >= 0.3 is 5.97 Å². The second-order valence-corrected chi connectivity index (χ2v) is 3.00. The van der Waals surface area contributed by atoms with Crippen molar-refractivity contribution in [2.24, 2.45) is 0 Å². The maximum Gasteiger partial charge on any atom is 0.302 e. The molecule has 0 amide bonds. The predicted octanol–water partition coefficient (Wildman–Crippen LogP) is 1.58. The van der Waals surface area contributed by atoms with Crippen molar-refractivity contribution in [1.29, 1.82) is 0 Å². The van der Waals surface area contributed by atoms with Crippen LogP contribution < -0.4 is 4.74 Å². The Morgan fingerprint density at radius 2 is 2.19 bits per heavy atom. The highest BCUT2D eigenvalue weighted by Crippen LogP contribution is 2.17. The number of esters is 1. The molecule has 0 aromatic heterocycles. The minimum atomic E-state index is -0.618. The molecular weight excluding hydrogens is 215 g/mol. The zero-order valence-corrected chi connectivity index (χ0v) is 8.73. The fourth-order valence-corrected chi connectivity index (χ4v) is 1.04. The van der Waals surface area contributed by atoms with E-state index in [9.17, 15) is 14.0 Å². The molecule has 0 fully saturated rings. The van der Waals surface area contributed by atoms with Gasteiger partial charge in [0.1, 0.15) is 19.5 Å². The van der Waals surface area contributed by atoms with Gasteiger partial charge in [0.15, 0.2) is 11.6 Å². The Hall–Kier alpha value is -1.91. The molecule has 86 valence electrons. The maximum absolute atomic E-state index is 13.2. The molecule has 0 unspecified atom stereocenters. The van der Waals surface area contributed by atoms with E-state index in [1.54, 1.807) is 0 Å². The Balaban J connectivity index is 2.48. The lowest BCUT2D eigenvalue weighted by molar-refractivity contribution is -0.141. The summed E-state index contributed by atoms with van der Waals surface area (Å²) in [6.07, 6.45) is 0.547. The second-order valence-electron chi connectivity index (χ2n) is 3.00. The minimum Gasteiger partial charge on any atom is -0.487 e. The third-order valence-electron chi connectivity index (χ3n) is 1.74. The molecule has 0 radical (unpaired) electrons. The topological polar surface area (TPSA) is 52.6 Å². The van der Waals surface area contributed by atoms with E-state index >= 15 is 0 Å². The Morgan fingerprint density at radius 3 is 2.75 bits per heavy atom. The summed E-state index contributed by atoms with van der Waals surface area (Å²) in [5.41, 5.74) is 0.241. The van der Waals surface area contributed by atoms with Crippen molar-refractivity contribution in [1.82, 2.24) is 0 Å². The molecule has 0 aliphatic carbocycles. The van der Waals surface area contributed by atoms with Gasteiger partial charge in [-0.25, -0.2) is 4.39 Å². The van der Waals surface area contributed by atoms with Gasteiger partial charge in [0.2, 0.25) is 0 Å². The number of carbonyl (C=O) groups excluding carboxylic acids is 2. The van der Waals surface area contributed by atoms with E-state index in [2.05, 4.69) is 4.74 Å². The van der Waals surface area contributed by atoms with E-state index < -0.39 is 11.8 Å². The summed E-state index contributed by atoms with van der Waals surface area (Å²) in [7, 11) is 0. The monoisotopic (exact) mass is 226 g/mol. The molecule has 0 saturated heterocycles. The standard InChI is InChI=1S/C11H11FO4/c1-8(14)15-4-5-16-11-3-2-9(7-13)6-10(11)12/h2-3,6-7H,4-5H2,1H3. The van der Waals surface area contributed by atoms with Crippen molar-refractivity contribution in [3.05, 3.63) is 29.6 Å². The van der Waals surface area contributed by atoms with E-state index in [-0.39, 0.29) is 24.5 Å². The first-order valence-corrected chi connectivity index (χ1v) is 4.64. The highest BCUT2D eigenvalue weighted by Gasteiger charge is 2.04. The summed E-state index contributed by atoms with van der Waals surface area (Å²) in [5.74, 6) is -1.01.